The molecule has 2 N–H and O–H groups in total. The molecule has 0 radical (unpaired) electrons. The van der Waals surface area contributed by atoms with Crippen molar-refractivity contribution in [3.8, 4) is 0 Å². The number of hydrogen-bond donors (Lipinski definition) is 2. The van der Waals surface area contributed by atoms with Crippen molar-refractivity contribution < 1.29 is 14.5 Å². The number of unbranched alkanes of at least 4 members (excludes halogenated alkanes) is 5. The molecule has 16 heavy (non-hydrogen) atoms. The Balaban J connectivity index is 1.83. The fraction of sp³-hybridized carbons (Fsp3) is 0.667. The van der Waals surface area contributed by atoms with Crippen molar-refractivity contribution in [2.24, 2.45) is 0 Å². The van der Waals surface area contributed by atoms with Crippen LogP contribution in [0.4, 0.5) is 0 Å². The zero-order valence-electron chi connectivity index (χ0n) is 9.69. The van der Waals surface area contributed by atoms with Crippen LogP contribution in [0.25, 0.3) is 0 Å². The molecule has 0 fully saturated rings. The Morgan fingerprint density at radius 3 is 2.44 bits per heavy atom. The van der Waals surface area contributed by atoms with Gasteiger partial charge in [-0.25, -0.2) is 4.57 Å². The van der Waals surface area contributed by atoms with Crippen LogP contribution >= 0.6 is 0 Å². The molecule has 0 saturated carbocycles. The molecule has 1 heterocycles. The molecule has 1 aromatic heterocycles. The maximum Gasteiger partial charge on any atom is 0.303 e. The number of carbonyl (C=O) groups is 1. The van der Waals surface area contributed by atoms with Crippen molar-refractivity contribution >= 4 is 5.97 Å². The standard InChI is InChI=1S/C12H20N2O2/c15-12(16)7-5-3-1-2-4-6-9-14-10-8-13-11-14/h8,10-11H,1-7,9H2,(H,15,16)/p+1. The molecule has 0 aliphatic heterocycles. The monoisotopic (exact) mass is 225 g/mol. The topological polar surface area (TPSA) is 57.0 Å². The van der Waals surface area contributed by atoms with E-state index in [1.165, 1.54) is 19.3 Å². The van der Waals surface area contributed by atoms with Crippen molar-refractivity contribution in [1.29, 1.82) is 0 Å². The Morgan fingerprint density at radius 1 is 1.12 bits per heavy atom. The third-order valence-corrected chi connectivity index (χ3v) is 2.66. The van der Waals surface area contributed by atoms with Crippen molar-refractivity contribution in [3.63, 3.8) is 0 Å². The summed E-state index contributed by atoms with van der Waals surface area (Å²) in [7, 11) is 0. The van der Waals surface area contributed by atoms with E-state index in [1.807, 2.05) is 18.7 Å². The Hall–Kier alpha value is -1.32. The van der Waals surface area contributed by atoms with E-state index < -0.39 is 5.97 Å². The van der Waals surface area contributed by atoms with Gasteiger partial charge in [0.2, 0.25) is 6.33 Å². The van der Waals surface area contributed by atoms with Gasteiger partial charge in [0.15, 0.2) is 0 Å². The summed E-state index contributed by atoms with van der Waals surface area (Å²) in [4.78, 5) is 13.3. The molecule has 0 aromatic carbocycles. The fourth-order valence-corrected chi connectivity index (χ4v) is 1.74. The molecular weight excluding hydrogens is 204 g/mol. The molecule has 0 unspecified atom stereocenters. The Labute approximate surface area is 96.3 Å². The molecule has 1 rings (SSSR count). The average Bonchev–Trinajstić information content (AvgIpc) is 2.74. The van der Waals surface area contributed by atoms with Crippen LogP contribution in [-0.2, 0) is 11.3 Å². The predicted octanol–water partition coefficient (Wildman–Crippen LogP) is 2.12. The number of aryl methyl sites for hydroxylation is 1. The zero-order valence-corrected chi connectivity index (χ0v) is 9.69. The van der Waals surface area contributed by atoms with E-state index in [0.29, 0.717) is 6.42 Å². The van der Waals surface area contributed by atoms with Crippen LogP contribution in [0.1, 0.15) is 44.9 Å². The summed E-state index contributed by atoms with van der Waals surface area (Å²) in [6, 6.07) is 0. The molecule has 0 saturated heterocycles. The first-order valence-electron chi connectivity index (χ1n) is 6.02. The van der Waals surface area contributed by atoms with Gasteiger partial charge >= 0.3 is 5.97 Å². The highest BCUT2D eigenvalue weighted by atomic mass is 16.4. The van der Waals surface area contributed by atoms with E-state index in [2.05, 4.69) is 9.55 Å². The van der Waals surface area contributed by atoms with E-state index >= 15 is 0 Å². The Morgan fingerprint density at radius 2 is 1.81 bits per heavy atom. The zero-order chi connectivity index (χ0) is 11.6. The van der Waals surface area contributed by atoms with Gasteiger partial charge in [0.05, 0.1) is 6.54 Å². The molecule has 0 bridgehead atoms. The van der Waals surface area contributed by atoms with E-state index in [1.54, 1.807) is 0 Å². The number of carboxylic acid groups (broad SMARTS) is 1. The molecule has 0 atom stereocenters. The lowest BCUT2D eigenvalue weighted by Gasteiger charge is -1.99. The minimum absolute atomic E-state index is 0.319. The maximum absolute atomic E-state index is 10.3. The second-order valence-electron chi connectivity index (χ2n) is 4.11. The molecular formula is C12H21N2O2+. The van der Waals surface area contributed by atoms with Crippen molar-refractivity contribution in [2.75, 3.05) is 0 Å². The number of aliphatic carboxylic acids is 1. The van der Waals surface area contributed by atoms with Gasteiger partial charge in [0.25, 0.3) is 0 Å². The van der Waals surface area contributed by atoms with Crippen molar-refractivity contribution in [2.45, 2.75) is 51.5 Å². The smallest absolute Gasteiger partial charge is 0.303 e. The predicted molar refractivity (Wildman–Crippen MR) is 60.9 cm³/mol. The number of aromatic amines is 1. The van der Waals surface area contributed by atoms with Gasteiger partial charge in [-0.1, -0.05) is 19.3 Å². The van der Waals surface area contributed by atoms with Gasteiger partial charge < -0.3 is 5.11 Å². The number of hydrogen-bond acceptors (Lipinski definition) is 1. The van der Waals surface area contributed by atoms with Crippen LogP contribution in [0.3, 0.4) is 0 Å². The average molecular weight is 225 g/mol. The third-order valence-electron chi connectivity index (χ3n) is 2.66. The second kappa shape index (κ2) is 7.91. The van der Waals surface area contributed by atoms with Crippen LogP contribution < -0.4 is 4.57 Å². The van der Waals surface area contributed by atoms with Crippen molar-refractivity contribution in [1.82, 2.24) is 4.98 Å². The number of imidazole rings is 1. The number of carboxylic acids is 1. The number of nitrogens with one attached hydrogen (secondary N) is 1. The quantitative estimate of drug-likeness (QED) is 0.499. The first-order valence-corrected chi connectivity index (χ1v) is 6.02. The van der Waals surface area contributed by atoms with Crippen LogP contribution in [0.5, 0.6) is 0 Å². The molecule has 0 aliphatic carbocycles. The highest BCUT2D eigenvalue weighted by Gasteiger charge is 1.98. The molecule has 1 aromatic rings. The summed E-state index contributed by atoms with van der Waals surface area (Å²) >= 11 is 0. The van der Waals surface area contributed by atoms with E-state index in [4.69, 9.17) is 5.11 Å². The van der Waals surface area contributed by atoms with Gasteiger partial charge in [-0.05, 0) is 19.3 Å². The summed E-state index contributed by atoms with van der Waals surface area (Å²) in [5, 5.41) is 8.45. The number of nitrogens with zero attached hydrogens (tertiary/aromatic N) is 1. The lowest BCUT2D eigenvalue weighted by Crippen LogP contribution is -2.30. The maximum atomic E-state index is 10.3. The van der Waals surface area contributed by atoms with Gasteiger partial charge in [0.1, 0.15) is 12.4 Å². The molecule has 0 aliphatic rings. The molecule has 90 valence electrons. The van der Waals surface area contributed by atoms with E-state index in [-0.39, 0.29) is 0 Å². The second-order valence-corrected chi connectivity index (χ2v) is 4.11. The first kappa shape index (κ1) is 12.7. The number of H-pyrrole nitrogens is 1. The normalized spacial score (nSPS) is 10.5. The van der Waals surface area contributed by atoms with Crippen LogP contribution in [-0.4, -0.2) is 16.1 Å². The highest BCUT2D eigenvalue weighted by Crippen LogP contribution is 2.06. The highest BCUT2D eigenvalue weighted by molar-refractivity contribution is 5.66. The first-order chi connectivity index (χ1) is 7.79. The minimum atomic E-state index is -0.677. The Bertz CT molecular complexity index is 283. The third kappa shape index (κ3) is 6.22. The van der Waals surface area contributed by atoms with Crippen LogP contribution in [0.2, 0.25) is 0 Å². The summed E-state index contributed by atoms with van der Waals surface area (Å²) in [6.45, 7) is 1.07. The summed E-state index contributed by atoms with van der Waals surface area (Å²) in [5.41, 5.74) is 0. The van der Waals surface area contributed by atoms with Gasteiger partial charge in [0, 0.05) is 6.42 Å². The SMILES string of the molecule is O=C(O)CCCCCCCC[n+]1cc[nH]c1. The number of rotatable bonds is 9. The lowest BCUT2D eigenvalue weighted by atomic mass is 10.1. The minimum Gasteiger partial charge on any atom is -0.481 e. The Kier molecular flexibility index (Phi) is 6.30. The molecule has 4 heteroatoms. The van der Waals surface area contributed by atoms with Gasteiger partial charge in [-0.3, -0.25) is 9.78 Å². The fourth-order valence-electron chi connectivity index (χ4n) is 1.74. The number of aromatic nitrogens is 2. The molecule has 4 nitrogen and oxygen atoms in total. The van der Waals surface area contributed by atoms with Crippen molar-refractivity contribution in [3.05, 3.63) is 18.7 Å². The summed E-state index contributed by atoms with van der Waals surface area (Å²) in [6.07, 6.45) is 12.9. The van der Waals surface area contributed by atoms with E-state index in [0.717, 1.165) is 25.8 Å². The van der Waals surface area contributed by atoms with E-state index in [9.17, 15) is 4.79 Å². The van der Waals surface area contributed by atoms with Gasteiger partial charge in [-0.2, -0.15) is 0 Å². The summed E-state index contributed by atoms with van der Waals surface area (Å²) < 4.78 is 2.14. The van der Waals surface area contributed by atoms with Crippen LogP contribution in [0, 0.1) is 0 Å². The summed E-state index contributed by atoms with van der Waals surface area (Å²) in [5.74, 6) is -0.677. The molecule has 0 amide bonds. The molecule has 0 spiro atoms. The lowest BCUT2D eigenvalue weighted by molar-refractivity contribution is -0.696. The van der Waals surface area contributed by atoms with Gasteiger partial charge in [-0.15, -0.1) is 0 Å². The van der Waals surface area contributed by atoms with Crippen LogP contribution in [0.15, 0.2) is 18.7 Å². The largest absolute Gasteiger partial charge is 0.481 e.